The number of fused-ring (bicyclic) bond motifs is 1. The summed E-state index contributed by atoms with van der Waals surface area (Å²) in [7, 11) is 1.63. The molecule has 1 aliphatic rings. The number of hydrogen-bond donors (Lipinski definition) is 0. The molecule has 0 N–H and O–H groups in total. The van der Waals surface area contributed by atoms with Crippen LogP contribution in [-0.4, -0.2) is 48.5 Å². The highest BCUT2D eigenvalue weighted by molar-refractivity contribution is 5.81. The van der Waals surface area contributed by atoms with Gasteiger partial charge in [0.1, 0.15) is 12.4 Å². The minimum atomic E-state index is -4.49. The van der Waals surface area contributed by atoms with Gasteiger partial charge in [-0.15, -0.1) is 0 Å². The van der Waals surface area contributed by atoms with E-state index in [1.165, 1.54) is 6.92 Å². The molecule has 4 rings (SSSR count). The highest BCUT2D eigenvalue weighted by Gasteiger charge is 2.37. The van der Waals surface area contributed by atoms with Gasteiger partial charge < -0.3 is 14.0 Å². The molecule has 2 aromatic heterocycles. The molecule has 1 unspecified atom stereocenters. The van der Waals surface area contributed by atoms with Crippen molar-refractivity contribution in [1.29, 1.82) is 0 Å². The normalized spacial score (nSPS) is 17.7. The number of aryl methyl sites for hydroxylation is 1. The van der Waals surface area contributed by atoms with Crippen LogP contribution in [0, 0.1) is 6.92 Å². The van der Waals surface area contributed by atoms with Crippen LogP contribution in [0.2, 0.25) is 0 Å². The van der Waals surface area contributed by atoms with E-state index in [0.717, 1.165) is 36.8 Å². The topological polar surface area (TPSA) is 60.6 Å². The number of piperidine rings is 1. The Hall–Kier alpha value is -2.65. The van der Waals surface area contributed by atoms with Crippen molar-refractivity contribution < 1.29 is 27.2 Å². The summed E-state index contributed by atoms with van der Waals surface area (Å²) in [6.45, 7) is 4.73. The second-order valence-corrected chi connectivity index (χ2v) is 8.12. The van der Waals surface area contributed by atoms with Crippen molar-refractivity contribution in [3.8, 4) is 5.75 Å². The lowest BCUT2D eigenvalue weighted by Gasteiger charge is -2.32. The number of halogens is 3. The number of nitrogens with zero attached hydrogens (tertiary/aromatic N) is 3. The summed E-state index contributed by atoms with van der Waals surface area (Å²) in [5.41, 5.74) is 0.952. The standard InChI is InChI=1S/C23H26F3N3O3/c1-15-12-19(23(24,25)26)20-21(28-32-22(20)27-15)17-4-3-9-29(14-17)13-16-5-7-18(8-6-16)31-11-10-30-2/h5-8,12,17H,3-4,9-11,13-14H2,1-2H3. The molecule has 3 heterocycles. The number of benzene rings is 1. The minimum Gasteiger partial charge on any atom is -0.491 e. The van der Waals surface area contributed by atoms with Gasteiger partial charge in [0, 0.05) is 31.8 Å². The van der Waals surface area contributed by atoms with Gasteiger partial charge in [-0.1, -0.05) is 17.3 Å². The molecule has 0 bridgehead atoms. The van der Waals surface area contributed by atoms with Crippen molar-refractivity contribution in [2.75, 3.05) is 33.4 Å². The lowest BCUT2D eigenvalue weighted by atomic mass is 9.91. The lowest BCUT2D eigenvalue weighted by molar-refractivity contribution is -0.136. The van der Waals surface area contributed by atoms with Gasteiger partial charge in [-0.05, 0) is 50.1 Å². The van der Waals surface area contributed by atoms with Gasteiger partial charge in [-0.3, -0.25) is 4.90 Å². The van der Waals surface area contributed by atoms with Crippen LogP contribution in [0.25, 0.3) is 11.1 Å². The number of pyridine rings is 1. The highest BCUT2D eigenvalue weighted by atomic mass is 19.4. The SMILES string of the molecule is COCCOc1ccc(CN2CCCC(c3noc4nc(C)cc(C(F)(F)F)c34)C2)cc1. The summed E-state index contributed by atoms with van der Waals surface area (Å²) in [6.07, 6.45) is -2.86. The summed E-state index contributed by atoms with van der Waals surface area (Å²) < 4.78 is 56.9. The fraction of sp³-hybridized carbons (Fsp3) is 0.478. The van der Waals surface area contributed by atoms with Gasteiger partial charge in [-0.25, -0.2) is 4.98 Å². The highest BCUT2D eigenvalue weighted by Crippen LogP contribution is 2.40. The molecule has 172 valence electrons. The van der Waals surface area contributed by atoms with E-state index in [9.17, 15) is 13.2 Å². The first-order chi connectivity index (χ1) is 15.3. The Morgan fingerprint density at radius 1 is 1.19 bits per heavy atom. The molecule has 0 spiro atoms. The van der Waals surface area contributed by atoms with E-state index >= 15 is 0 Å². The van der Waals surface area contributed by atoms with Crippen LogP contribution in [0.5, 0.6) is 5.75 Å². The fourth-order valence-corrected chi connectivity index (χ4v) is 4.21. The average molecular weight is 449 g/mol. The van der Waals surface area contributed by atoms with E-state index in [1.54, 1.807) is 7.11 Å². The van der Waals surface area contributed by atoms with Crippen LogP contribution in [-0.2, 0) is 17.5 Å². The van der Waals surface area contributed by atoms with Crippen molar-refractivity contribution in [2.45, 2.75) is 38.4 Å². The first-order valence-electron chi connectivity index (χ1n) is 10.6. The van der Waals surface area contributed by atoms with Crippen LogP contribution in [0.15, 0.2) is 34.9 Å². The first-order valence-corrected chi connectivity index (χ1v) is 10.6. The maximum absolute atomic E-state index is 13.7. The zero-order valence-electron chi connectivity index (χ0n) is 18.1. The Kier molecular flexibility index (Phi) is 6.66. The summed E-state index contributed by atoms with van der Waals surface area (Å²) in [6, 6.07) is 8.92. The number of aromatic nitrogens is 2. The zero-order valence-corrected chi connectivity index (χ0v) is 18.1. The third-order valence-corrected chi connectivity index (χ3v) is 5.68. The van der Waals surface area contributed by atoms with Gasteiger partial charge in [0.2, 0.25) is 0 Å². The quantitative estimate of drug-likeness (QED) is 0.476. The van der Waals surface area contributed by atoms with E-state index in [0.29, 0.717) is 32.0 Å². The Balaban J connectivity index is 1.49. The maximum Gasteiger partial charge on any atom is 0.417 e. The van der Waals surface area contributed by atoms with Crippen molar-refractivity contribution in [3.63, 3.8) is 0 Å². The second kappa shape index (κ2) is 9.46. The van der Waals surface area contributed by atoms with E-state index in [1.807, 2.05) is 24.3 Å². The Labute approximate surface area is 184 Å². The Morgan fingerprint density at radius 3 is 2.69 bits per heavy atom. The molecule has 0 saturated carbocycles. The van der Waals surface area contributed by atoms with E-state index in [4.69, 9.17) is 14.0 Å². The van der Waals surface area contributed by atoms with Gasteiger partial charge in [0.05, 0.1) is 23.3 Å². The monoisotopic (exact) mass is 449 g/mol. The largest absolute Gasteiger partial charge is 0.491 e. The predicted molar refractivity (Wildman–Crippen MR) is 113 cm³/mol. The molecule has 1 aliphatic heterocycles. The molecule has 3 aromatic rings. The molecule has 1 saturated heterocycles. The van der Waals surface area contributed by atoms with Crippen LogP contribution >= 0.6 is 0 Å². The number of hydrogen-bond acceptors (Lipinski definition) is 6. The van der Waals surface area contributed by atoms with Gasteiger partial charge >= 0.3 is 6.18 Å². The first kappa shape index (κ1) is 22.5. The molecule has 1 fully saturated rings. The molecule has 9 heteroatoms. The molecular weight excluding hydrogens is 423 g/mol. The van der Waals surface area contributed by atoms with Crippen molar-refractivity contribution in [3.05, 3.63) is 52.8 Å². The molecule has 1 atom stereocenters. The van der Waals surface area contributed by atoms with Crippen molar-refractivity contribution >= 4 is 11.1 Å². The Bertz CT molecular complexity index is 1050. The van der Waals surface area contributed by atoms with E-state index < -0.39 is 11.7 Å². The van der Waals surface area contributed by atoms with Crippen molar-refractivity contribution in [1.82, 2.24) is 15.0 Å². The molecule has 0 aliphatic carbocycles. The summed E-state index contributed by atoms with van der Waals surface area (Å²) in [5, 5.41) is 4.03. The number of alkyl halides is 3. The Morgan fingerprint density at radius 2 is 1.97 bits per heavy atom. The lowest BCUT2D eigenvalue weighted by Crippen LogP contribution is -2.34. The van der Waals surface area contributed by atoms with Gasteiger partial charge in [-0.2, -0.15) is 13.2 Å². The summed E-state index contributed by atoms with van der Waals surface area (Å²) >= 11 is 0. The number of likely N-dealkylation sites (tertiary alicyclic amines) is 1. The van der Waals surface area contributed by atoms with Crippen LogP contribution < -0.4 is 4.74 Å². The minimum absolute atomic E-state index is 0.00693. The molecule has 6 nitrogen and oxygen atoms in total. The summed E-state index contributed by atoms with van der Waals surface area (Å²) in [4.78, 5) is 6.36. The third-order valence-electron chi connectivity index (χ3n) is 5.68. The second-order valence-electron chi connectivity index (χ2n) is 8.12. The smallest absolute Gasteiger partial charge is 0.417 e. The molecule has 0 radical (unpaired) electrons. The summed E-state index contributed by atoms with van der Waals surface area (Å²) in [5.74, 6) is 0.631. The number of rotatable bonds is 7. The molecule has 1 aromatic carbocycles. The van der Waals surface area contributed by atoms with E-state index in [2.05, 4.69) is 15.0 Å². The van der Waals surface area contributed by atoms with Crippen LogP contribution in [0.3, 0.4) is 0 Å². The van der Waals surface area contributed by atoms with E-state index in [-0.39, 0.29) is 22.7 Å². The predicted octanol–water partition coefficient (Wildman–Crippen LogP) is 4.95. The van der Waals surface area contributed by atoms with Gasteiger partial charge in [0.25, 0.3) is 5.71 Å². The molecular formula is C23H26F3N3O3. The average Bonchev–Trinajstić information content (AvgIpc) is 3.18. The molecule has 32 heavy (non-hydrogen) atoms. The third kappa shape index (κ3) is 5.05. The van der Waals surface area contributed by atoms with Crippen LogP contribution in [0.1, 0.15) is 41.3 Å². The maximum atomic E-state index is 13.7. The fourth-order valence-electron chi connectivity index (χ4n) is 4.21. The van der Waals surface area contributed by atoms with Crippen molar-refractivity contribution in [2.24, 2.45) is 0 Å². The number of ether oxygens (including phenoxy) is 2. The van der Waals surface area contributed by atoms with Gasteiger partial charge in [0.15, 0.2) is 0 Å². The molecule has 0 amide bonds. The number of methoxy groups -OCH3 is 1. The zero-order chi connectivity index (χ0) is 22.7. The van der Waals surface area contributed by atoms with Crippen LogP contribution in [0.4, 0.5) is 13.2 Å².